The minimum absolute atomic E-state index is 0.00296. The Labute approximate surface area is 227 Å². The Kier molecular flexibility index (Phi) is 7.82. The zero-order valence-electron chi connectivity index (χ0n) is 19.0. The van der Waals surface area contributed by atoms with Crippen molar-refractivity contribution in [1.82, 2.24) is 14.6 Å². The molecule has 0 bridgehead atoms. The lowest BCUT2D eigenvalue weighted by molar-refractivity contribution is -0.385. The van der Waals surface area contributed by atoms with Crippen LogP contribution in [0, 0.1) is 10.1 Å². The number of hydrogen-bond acceptors (Lipinski definition) is 7. The highest BCUT2D eigenvalue weighted by Crippen LogP contribution is 2.37. The Balaban J connectivity index is 1.69. The fourth-order valence-electron chi connectivity index (χ4n) is 3.30. The predicted molar refractivity (Wildman–Crippen MR) is 146 cm³/mol. The van der Waals surface area contributed by atoms with Crippen LogP contribution in [0.25, 0.3) is 10.9 Å². The van der Waals surface area contributed by atoms with Gasteiger partial charge in [0.15, 0.2) is 5.75 Å². The Morgan fingerprint density at radius 2 is 2.03 bits per heavy atom. The molecular weight excluding hydrogens is 618 g/mol. The first-order valence-corrected chi connectivity index (χ1v) is 12.7. The van der Waals surface area contributed by atoms with Gasteiger partial charge in [-0.25, -0.2) is 9.97 Å². The van der Waals surface area contributed by atoms with Crippen LogP contribution in [0.3, 0.4) is 0 Å². The van der Waals surface area contributed by atoms with E-state index in [4.69, 9.17) is 21.3 Å². The molecule has 36 heavy (non-hydrogen) atoms. The summed E-state index contributed by atoms with van der Waals surface area (Å²) < 4.78 is 8.30. The molecule has 0 N–H and O–H groups in total. The minimum atomic E-state index is -0.546. The van der Waals surface area contributed by atoms with Crippen LogP contribution in [0.2, 0.25) is 5.02 Å². The number of pyridine rings is 1. The number of ether oxygens (including phenoxy) is 1. The summed E-state index contributed by atoms with van der Waals surface area (Å²) in [5.41, 5.74) is 0.785. The lowest BCUT2D eigenvalue weighted by atomic mass is 10.1. The fourth-order valence-corrected chi connectivity index (χ4v) is 4.60. The summed E-state index contributed by atoms with van der Waals surface area (Å²) in [6, 6.07) is 11.4. The average Bonchev–Trinajstić information content (AvgIpc) is 2.85. The summed E-state index contributed by atoms with van der Waals surface area (Å²) in [5, 5.41) is 16.0. The van der Waals surface area contributed by atoms with Gasteiger partial charge in [0.05, 0.1) is 31.5 Å². The van der Waals surface area contributed by atoms with Crippen molar-refractivity contribution >= 4 is 66.3 Å². The van der Waals surface area contributed by atoms with Crippen molar-refractivity contribution in [2.24, 2.45) is 5.10 Å². The summed E-state index contributed by atoms with van der Waals surface area (Å²) in [6.45, 7) is 4.01. The molecule has 0 fully saturated rings. The maximum Gasteiger partial charge on any atom is 0.287 e. The third-order valence-corrected chi connectivity index (χ3v) is 6.73. The monoisotopic (exact) mass is 633 g/mol. The zero-order valence-corrected chi connectivity index (χ0v) is 22.9. The standard InChI is InChI=1S/C24H18Br2ClN5O4/c1-3-13(2)23-30-20-6-4-15(25)10-17(20)24(33)31(23)29-11-14-8-18(26)22(19(27)9-14)36-21-7-5-16(12-28-21)32(34)35/h4-13H,3H2,1-2H3/t13-/m0/s1. The minimum Gasteiger partial charge on any atom is -0.436 e. The van der Waals surface area contributed by atoms with Crippen LogP contribution in [0.4, 0.5) is 5.69 Å². The van der Waals surface area contributed by atoms with Crippen LogP contribution in [0.15, 0.2) is 67.5 Å². The molecule has 2 aromatic carbocycles. The lowest BCUT2D eigenvalue weighted by Crippen LogP contribution is -2.23. The van der Waals surface area contributed by atoms with Gasteiger partial charge in [-0.05, 0) is 58.2 Å². The number of fused-ring (bicyclic) bond motifs is 1. The van der Waals surface area contributed by atoms with E-state index < -0.39 is 4.92 Å². The second kappa shape index (κ2) is 10.9. The van der Waals surface area contributed by atoms with E-state index in [9.17, 15) is 14.9 Å². The first-order valence-electron chi connectivity index (χ1n) is 10.7. The average molecular weight is 636 g/mol. The molecule has 9 nitrogen and oxygen atoms in total. The molecule has 0 aliphatic heterocycles. The molecule has 0 saturated heterocycles. The molecule has 2 heterocycles. The van der Waals surface area contributed by atoms with Crippen LogP contribution < -0.4 is 10.3 Å². The van der Waals surface area contributed by atoms with Crippen LogP contribution in [-0.4, -0.2) is 25.8 Å². The molecule has 184 valence electrons. The van der Waals surface area contributed by atoms with E-state index in [0.717, 1.165) is 17.1 Å². The maximum atomic E-state index is 13.3. The highest BCUT2D eigenvalue weighted by molar-refractivity contribution is 9.10. The molecule has 1 atom stereocenters. The van der Waals surface area contributed by atoms with E-state index in [1.807, 2.05) is 19.9 Å². The van der Waals surface area contributed by atoms with E-state index in [2.05, 4.69) is 41.9 Å². The molecule has 0 spiro atoms. The van der Waals surface area contributed by atoms with Gasteiger partial charge >= 0.3 is 0 Å². The SMILES string of the molecule is CC[C@H](C)c1nc2ccc(Br)cc2c(=O)n1N=Cc1cc(Cl)c(Oc2ccc([N+](=O)[O-])cn2)c(Br)c1. The van der Waals surface area contributed by atoms with Gasteiger partial charge < -0.3 is 4.74 Å². The largest absolute Gasteiger partial charge is 0.436 e. The molecule has 0 saturated carbocycles. The molecule has 0 aliphatic carbocycles. The van der Waals surface area contributed by atoms with Crippen molar-refractivity contribution in [2.45, 2.75) is 26.2 Å². The second-order valence-corrected chi connectivity index (χ2v) is 10.0. The second-order valence-electron chi connectivity index (χ2n) is 7.83. The number of aromatic nitrogens is 3. The zero-order chi connectivity index (χ0) is 26.0. The maximum absolute atomic E-state index is 13.3. The van der Waals surface area contributed by atoms with E-state index >= 15 is 0 Å². The molecule has 12 heteroatoms. The van der Waals surface area contributed by atoms with Crippen molar-refractivity contribution in [2.75, 3.05) is 0 Å². The van der Waals surface area contributed by atoms with Crippen molar-refractivity contribution < 1.29 is 9.66 Å². The van der Waals surface area contributed by atoms with Crippen molar-refractivity contribution in [3.05, 3.63) is 94.5 Å². The molecule has 4 rings (SSSR count). The summed E-state index contributed by atoms with van der Waals surface area (Å²) in [5.74, 6) is 0.985. The molecular formula is C24H18Br2ClN5O4. The van der Waals surface area contributed by atoms with E-state index in [1.54, 1.807) is 24.3 Å². The van der Waals surface area contributed by atoms with Crippen LogP contribution >= 0.6 is 43.5 Å². The van der Waals surface area contributed by atoms with Gasteiger partial charge in [0.1, 0.15) is 12.0 Å². The number of nitro groups is 1. The van der Waals surface area contributed by atoms with Crippen LogP contribution in [0.1, 0.15) is 37.6 Å². The van der Waals surface area contributed by atoms with Crippen molar-refractivity contribution in [1.29, 1.82) is 0 Å². The smallest absolute Gasteiger partial charge is 0.287 e. The number of hydrogen-bond donors (Lipinski definition) is 0. The third kappa shape index (κ3) is 5.48. The Morgan fingerprint density at radius 1 is 1.25 bits per heavy atom. The Morgan fingerprint density at radius 3 is 2.67 bits per heavy atom. The molecule has 0 unspecified atom stereocenters. The van der Waals surface area contributed by atoms with Gasteiger partial charge in [0.25, 0.3) is 11.2 Å². The van der Waals surface area contributed by atoms with Gasteiger partial charge in [0.2, 0.25) is 5.88 Å². The van der Waals surface area contributed by atoms with Gasteiger partial charge in [0, 0.05) is 22.5 Å². The van der Waals surface area contributed by atoms with E-state index in [1.165, 1.54) is 23.0 Å². The first-order chi connectivity index (χ1) is 17.2. The highest BCUT2D eigenvalue weighted by atomic mass is 79.9. The summed E-state index contributed by atoms with van der Waals surface area (Å²) in [7, 11) is 0. The molecule has 4 aromatic rings. The van der Waals surface area contributed by atoms with E-state index in [0.29, 0.717) is 26.8 Å². The third-order valence-electron chi connectivity index (χ3n) is 5.37. The number of nitrogens with zero attached hydrogens (tertiary/aromatic N) is 5. The normalized spacial score (nSPS) is 12.2. The van der Waals surface area contributed by atoms with Gasteiger partial charge in [-0.2, -0.15) is 9.78 Å². The van der Waals surface area contributed by atoms with Crippen LogP contribution in [0.5, 0.6) is 11.6 Å². The highest BCUT2D eigenvalue weighted by Gasteiger charge is 2.16. The summed E-state index contributed by atoms with van der Waals surface area (Å²) >= 11 is 13.3. The number of benzene rings is 2. The van der Waals surface area contributed by atoms with Crippen molar-refractivity contribution in [3.63, 3.8) is 0 Å². The number of halogens is 3. The first kappa shape index (κ1) is 25.9. The van der Waals surface area contributed by atoms with Crippen molar-refractivity contribution in [3.8, 4) is 11.6 Å². The summed E-state index contributed by atoms with van der Waals surface area (Å²) in [4.78, 5) is 32.2. The molecule has 2 aromatic heterocycles. The number of rotatable bonds is 7. The predicted octanol–water partition coefficient (Wildman–Crippen LogP) is 7.07. The lowest BCUT2D eigenvalue weighted by Gasteiger charge is -2.14. The summed E-state index contributed by atoms with van der Waals surface area (Å²) in [6.07, 6.45) is 3.40. The van der Waals surface area contributed by atoms with Gasteiger partial charge in [-0.1, -0.05) is 41.4 Å². The fraction of sp³-hybridized carbons (Fsp3) is 0.167. The van der Waals surface area contributed by atoms with E-state index in [-0.39, 0.29) is 33.8 Å². The molecule has 0 radical (unpaired) electrons. The molecule has 0 aliphatic rings. The topological polar surface area (TPSA) is 113 Å². The van der Waals surface area contributed by atoms with Gasteiger partial charge in [-0.15, -0.1) is 0 Å². The van der Waals surface area contributed by atoms with Gasteiger partial charge in [-0.3, -0.25) is 14.9 Å². The quantitative estimate of drug-likeness (QED) is 0.122. The molecule has 0 amide bonds. The van der Waals surface area contributed by atoms with Crippen LogP contribution in [-0.2, 0) is 0 Å². The Bertz CT molecular complexity index is 1530. The Hall–Kier alpha value is -3.15.